The van der Waals surface area contributed by atoms with Crippen LogP contribution >= 0.6 is 0 Å². The number of hydrogen-bond donors (Lipinski definition) is 1. The molecule has 106 valence electrons. The molecule has 1 N–H and O–H groups in total. The van der Waals surface area contributed by atoms with Crippen molar-refractivity contribution < 1.29 is 19.4 Å². The predicted molar refractivity (Wildman–Crippen MR) is 70.3 cm³/mol. The van der Waals surface area contributed by atoms with E-state index >= 15 is 0 Å². The smallest absolute Gasteiger partial charge is 0.255 e. The van der Waals surface area contributed by atoms with Crippen molar-refractivity contribution in [2.24, 2.45) is 0 Å². The fourth-order valence-corrected chi connectivity index (χ4v) is 2.23. The molecule has 2 rings (SSSR count). The Hall–Kier alpha value is -2.10. The lowest BCUT2D eigenvalue weighted by Gasteiger charge is -2.19. The maximum Gasteiger partial charge on any atom is 0.255 e. The van der Waals surface area contributed by atoms with Crippen molar-refractivity contribution in [3.63, 3.8) is 0 Å². The van der Waals surface area contributed by atoms with Crippen LogP contribution < -0.4 is 4.74 Å². The first-order valence-electron chi connectivity index (χ1n) is 6.30. The molecule has 6 heteroatoms. The molecule has 0 aromatic heterocycles. The molecule has 1 unspecified atom stereocenters. The lowest BCUT2D eigenvalue weighted by molar-refractivity contribution is 0.0557. The van der Waals surface area contributed by atoms with E-state index in [-0.39, 0.29) is 25.7 Å². The summed E-state index contributed by atoms with van der Waals surface area (Å²) in [4.78, 5) is 13.7. The third-order valence-electron chi connectivity index (χ3n) is 3.19. The van der Waals surface area contributed by atoms with Crippen LogP contribution in [0.2, 0.25) is 0 Å². The van der Waals surface area contributed by atoms with Crippen molar-refractivity contribution in [3.8, 4) is 11.8 Å². The number of aliphatic hydroxyl groups is 1. The fourth-order valence-electron chi connectivity index (χ4n) is 2.23. The van der Waals surface area contributed by atoms with Crippen molar-refractivity contribution in [1.82, 2.24) is 4.90 Å². The normalized spacial score (nSPS) is 16.9. The Morgan fingerprint density at radius 2 is 2.25 bits per heavy atom. The number of aliphatic hydroxyl groups excluding tert-OH is 1. The zero-order valence-corrected chi connectivity index (χ0v) is 11.2. The molecule has 1 aliphatic heterocycles. The lowest BCUT2D eigenvalue weighted by Crippen LogP contribution is -2.31. The van der Waals surface area contributed by atoms with E-state index in [4.69, 9.17) is 14.6 Å². The van der Waals surface area contributed by atoms with E-state index in [0.29, 0.717) is 23.4 Å². The average molecular weight is 276 g/mol. The summed E-state index contributed by atoms with van der Waals surface area (Å²) in [5, 5.41) is 17.9. The largest absolute Gasteiger partial charge is 0.497 e. The highest BCUT2D eigenvalue weighted by molar-refractivity contribution is 5.99. The number of ether oxygens (including phenoxy) is 2. The van der Waals surface area contributed by atoms with Gasteiger partial charge in [-0.2, -0.15) is 5.26 Å². The van der Waals surface area contributed by atoms with Crippen LogP contribution in [0.25, 0.3) is 0 Å². The fraction of sp³-hybridized carbons (Fsp3) is 0.429. The molecule has 0 spiro atoms. The molecular weight excluding hydrogens is 260 g/mol. The van der Waals surface area contributed by atoms with Crippen molar-refractivity contribution in [2.45, 2.75) is 6.04 Å². The highest BCUT2D eigenvalue weighted by Gasteiger charge is 2.36. The summed E-state index contributed by atoms with van der Waals surface area (Å²) in [6.45, 7) is 0.761. The minimum atomic E-state index is -0.620. The first kappa shape index (κ1) is 14.3. The molecule has 0 saturated heterocycles. The van der Waals surface area contributed by atoms with Gasteiger partial charge in [0.1, 0.15) is 11.8 Å². The summed E-state index contributed by atoms with van der Waals surface area (Å²) < 4.78 is 10.3. The number of carbonyl (C=O) groups excluding carboxylic acids is 1. The maximum absolute atomic E-state index is 12.3. The zero-order chi connectivity index (χ0) is 14.5. The maximum atomic E-state index is 12.3. The monoisotopic (exact) mass is 276 g/mol. The Bertz CT molecular complexity index is 538. The topological polar surface area (TPSA) is 82.8 Å². The second-order valence-corrected chi connectivity index (χ2v) is 4.32. The molecule has 1 aromatic rings. The van der Waals surface area contributed by atoms with Gasteiger partial charge >= 0.3 is 0 Å². The number of hydrogen-bond acceptors (Lipinski definition) is 5. The number of amides is 1. The number of nitriles is 1. The molecule has 1 aromatic carbocycles. The van der Waals surface area contributed by atoms with Gasteiger partial charge in [0, 0.05) is 17.7 Å². The number of rotatable bonds is 6. The van der Waals surface area contributed by atoms with Crippen LogP contribution in [0.15, 0.2) is 18.2 Å². The third kappa shape index (κ3) is 2.59. The minimum Gasteiger partial charge on any atom is -0.497 e. The standard InChI is InChI=1S/C14H16N2O4/c1-19-10-2-3-11-12(8-10)13(9-15)16(14(11)18)4-6-20-7-5-17/h2-3,8,13,17H,4-7H2,1H3. The van der Waals surface area contributed by atoms with Crippen molar-refractivity contribution in [3.05, 3.63) is 29.3 Å². The molecule has 1 heterocycles. The average Bonchev–Trinajstić information content (AvgIpc) is 2.75. The van der Waals surface area contributed by atoms with Crippen LogP contribution in [0.1, 0.15) is 22.0 Å². The second kappa shape index (κ2) is 6.37. The molecule has 0 fully saturated rings. The van der Waals surface area contributed by atoms with E-state index < -0.39 is 6.04 Å². The van der Waals surface area contributed by atoms with Crippen molar-refractivity contribution in [1.29, 1.82) is 5.26 Å². The van der Waals surface area contributed by atoms with Crippen LogP contribution in [0.4, 0.5) is 0 Å². The van der Waals surface area contributed by atoms with E-state index in [1.807, 2.05) is 0 Å². The molecular formula is C14H16N2O4. The zero-order valence-electron chi connectivity index (χ0n) is 11.2. The van der Waals surface area contributed by atoms with Gasteiger partial charge in [0.2, 0.25) is 0 Å². The Labute approximate surface area is 117 Å². The van der Waals surface area contributed by atoms with Gasteiger partial charge in [-0.05, 0) is 18.2 Å². The van der Waals surface area contributed by atoms with Gasteiger partial charge in [-0.1, -0.05) is 0 Å². The molecule has 6 nitrogen and oxygen atoms in total. The molecule has 1 amide bonds. The first-order chi connectivity index (χ1) is 9.72. The Kier molecular flexibility index (Phi) is 4.56. The SMILES string of the molecule is COc1ccc2c(c1)C(C#N)N(CCOCCO)C2=O. The van der Waals surface area contributed by atoms with Crippen LogP contribution in [0.3, 0.4) is 0 Å². The molecule has 1 atom stereocenters. The quantitative estimate of drug-likeness (QED) is 0.774. The molecule has 0 aliphatic carbocycles. The van der Waals surface area contributed by atoms with E-state index in [1.165, 1.54) is 4.90 Å². The highest BCUT2D eigenvalue weighted by atomic mass is 16.5. The molecule has 0 bridgehead atoms. The summed E-state index contributed by atoms with van der Waals surface area (Å²) >= 11 is 0. The van der Waals surface area contributed by atoms with Crippen molar-refractivity contribution >= 4 is 5.91 Å². The lowest BCUT2D eigenvalue weighted by atomic mass is 10.1. The summed E-state index contributed by atoms with van der Waals surface area (Å²) in [6.07, 6.45) is 0. The third-order valence-corrected chi connectivity index (χ3v) is 3.19. The van der Waals surface area contributed by atoms with Gasteiger partial charge in [-0.25, -0.2) is 0 Å². The molecule has 1 aliphatic rings. The van der Waals surface area contributed by atoms with Crippen molar-refractivity contribution in [2.75, 3.05) is 33.5 Å². The summed E-state index contributed by atoms with van der Waals surface area (Å²) in [5.74, 6) is 0.442. The van der Waals surface area contributed by atoms with Gasteiger partial charge in [-0.3, -0.25) is 4.79 Å². The Morgan fingerprint density at radius 1 is 1.45 bits per heavy atom. The molecule has 0 saturated carbocycles. The minimum absolute atomic E-state index is 0.0625. The number of benzene rings is 1. The van der Waals surface area contributed by atoms with Gasteiger partial charge in [0.15, 0.2) is 0 Å². The second-order valence-electron chi connectivity index (χ2n) is 4.32. The van der Waals surface area contributed by atoms with Crippen LogP contribution in [-0.4, -0.2) is 49.4 Å². The number of nitrogens with zero attached hydrogens (tertiary/aromatic N) is 2. The predicted octanol–water partition coefficient (Wildman–Crippen LogP) is 0.725. The van der Waals surface area contributed by atoms with Gasteiger partial charge in [-0.15, -0.1) is 0 Å². The summed E-state index contributed by atoms with van der Waals surface area (Å²) in [7, 11) is 1.54. The van der Waals surface area contributed by atoms with E-state index in [2.05, 4.69) is 6.07 Å². The molecule has 0 radical (unpaired) electrons. The summed E-state index contributed by atoms with van der Waals surface area (Å²) in [5.41, 5.74) is 1.19. The Balaban J connectivity index is 2.17. The Morgan fingerprint density at radius 3 is 2.90 bits per heavy atom. The van der Waals surface area contributed by atoms with Crippen LogP contribution in [0, 0.1) is 11.3 Å². The number of methoxy groups -OCH3 is 1. The van der Waals surface area contributed by atoms with E-state index in [9.17, 15) is 10.1 Å². The van der Waals surface area contributed by atoms with Crippen LogP contribution in [0.5, 0.6) is 5.75 Å². The van der Waals surface area contributed by atoms with Crippen LogP contribution in [-0.2, 0) is 4.74 Å². The van der Waals surface area contributed by atoms with E-state index in [0.717, 1.165) is 0 Å². The number of carbonyl (C=O) groups is 1. The first-order valence-corrected chi connectivity index (χ1v) is 6.30. The van der Waals surface area contributed by atoms with Gasteiger partial charge in [0.05, 0.1) is 33.0 Å². The number of fused-ring (bicyclic) bond motifs is 1. The van der Waals surface area contributed by atoms with Gasteiger partial charge < -0.3 is 19.5 Å². The van der Waals surface area contributed by atoms with Gasteiger partial charge in [0.25, 0.3) is 5.91 Å². The molecule has 20 heavy (non-hydrogen) atoms. The highest BCUT2D eigenvalue weighted by Crippen LogP contribution is 2.35. The summed E-state index contributed by atoms with van der Waals surface area (Å²) in [6, 6.07) is 6.62. The van der Waals surface area contributed by atoms with E-state index in [1.54, 1.807) is 25.3 Å².